The van der Waals surface area contributed by atoms with E-state index >= 15 is 0 Å². The van der Waals surface area contributed by atoms with Crippen LogP contribution in [0.25, 0.3) is 0 Å². The van der Waals surface area contributed by atoms with Crippen molar-refractivity contribution in [2.75, 3.05) is 13.2 Å². The zero-order valence-corrected chi connectivity index (χ0v) is 11.3. The number of hydrogen-bond donors (Lipinski definition) is 2. The second kappa shape index (κ2) is 7.12. The van der Waals surface area contributed by atoms with E-state index in [0.717, 1.165) is 25.1 Å². The molecule has 1 atom stereocenters. The fourth-order valence-electron chi connectivity index (χ4n) is 2.18. The highest BCUT2D eigenvalue weighted by Gasteiger charge is 2.15. The van der Waals surface area contributed by atoms with Crippen molar-refractivity contribution in [1.29, 1.82) is 0 Å². The monoisotopic (exact) mass is 259 g/mol. The van der Waals surface area contributed by atoms with Crippen LogP contribution in [0.1, 0.15) is 29.3 Å². The van der Waals surface area contributed by atoms with E-state index < -0.39 is 0 Å². The minimum atomic E-state index is 0.155. The number of hydrogen-bond acceptors (Lipinski definition) is 3. The van der Waals surface area contributed by atoms with Gasteiger partial charge in [-0.2, -0.15) is 0 Å². The number of aliphatic hydroxyl groups is 1. The number of furan rings is 1. The number of nitrogens with one attached hydrogen (secondary N) is 1. The summed E-state index contributed by atoms with van der Waals surface area (Å²) >= 11 is 0. The van der Waals surface area contributed by atoms with Gasteiger partial charge in [-0.15, -0.1) is 0 Å². The Bertz CT molecular complexity index is 479. The van der Waals surface area contributed by atoms with Gasteiger partial charge in [-0.1, -0.05) is 24.3 Å². The largest absolute Gasteiger partial charge is 0.468 e. The summed E-state index contributed by atoms with van der Waals surface area (Å²) < 4.78 is 5.51. The molecule has 1 aromatic heterocycles. The molecular weight excluding hydrogens is 238 g/mol. The van der Waals surface area contributed by atoms with Gasteiger partial charge in [-0.25, -0.2) is 0 Å². The molecule has 2 N–H and O–H groups in total. The number of aliphatic hydroxyl groups excluding tert-OH is 1. The molecule has 0 aliphatic carbocycles. The van der Waals surface area contributed by atoms with Crippen LogP contribution in [0.2, 0.25) is 0 Å². The maximum atomic E-state index is 8.88. The third kappa shape index (κ3) is 3.94. The van der Waals surface area contributed by atoms with Gasteiger partial charge in [0.1, 0.15) is 5.76 Å². The highest BCUT2D eigenvalue weighted by molar-refractivity contribution is 5.27. The molecule has 2 rings (SSSR count). The van der Waals surface area contributed by atoms with E-state index in [4.69, 9.17) is 9.52 Å². The zero-order valence-electron chi connectivity index (χ0n) is 11.3. The van der Waals surface area contributed by atoms with Crippen molar-refractivity contribution in [2.24, 2.45) is 0 Å². The molecule has 0 saturated carbocycles. The van der Waals surface area contributed by atoms with Crippen molar-refractivity contribution >= 4 is 0 Å². The van der Waals surface area contributed by atoms with Crippen LogP contribution in [0.5, 0.6) is 0 Å². The van der Waals surface area contributed by atoms with Gasteiger partial charge in [-0.05, 0) is 49.6 Å². The molecule has 0 aliphatic rings. The molecule has 0 aliphatic heterocycles. The standard InChI is InChI=1S/C16H21NO2/c1-13-6-2-3-7-14(13)12-15(17-9-5-10-18)16-8-4-11-19-16/h2-4,6-8,11,15,17-18H,5,9-10,12H2,1H3. The molecule has 2 aromatic rings. The highest BCUT2D eigenvalue weighted by atomic mass is 16.3. The van der Waals surface area contributed by atoms with Crippen LogP contribution in [0.4, 0.5) is 0 Å². The normalized spacial score (nSPS) is 12.5. The topological polar surface area (TPSA) is 45.4 Å². The first-order valence-corrected chi connectivity index (χ1v) is 6.73. The first-order valence-electron chi connectivity index (χ1n) is 6.73. The third-order valence-corrected chi connectivity index (χ3v) is 3.30. The third-order valence-electron chi connectivity index (χ3n) is 3.30. The maximum Gasteiger partial charge on any atom is 0.121 e. The second-order valence-corrected chi connectivity index (χ2v) is 4.73. The molecular formula is C16H21NO2. The van der Waals surface area contributed by atoms with Crippen LogP contribution in [0, 0.1) is 6.92 Å². The zero-order chi connectivity index (χ0) is 13.5. The Balaban J connectivity index is 2.07. The SMILES string of the molecule is Cc1ccccc1CC(NCCCO)c1ccco1. The lowest BCUT2D eigenvalue weighted by Gasteiger charge is -2.17. The molecule has 0 amide bonds. The van der Waals surface area contributed by atoms with Gasteiger partial charge >= 0.3 is 0 Å². The molecule has 0 saturated heterocycles. The van der Waals surface area contributed by atoms with Crippen molar-refractivity contribution < 1.29 is 9.52 Å². The van der Waals surface area contributed by atoms with Gasteiger partial charge in [0.05, 0.1) is 12.3 Å². The Morgan fingerprint density at radius 2 is 2.05 bits per heavy atom. The van der Waals surface area contributed by atoms with E-state index in [0.29, 0.717) is 0 Å². The fraction of sp³-hybridized carbons (Fsp3) is 0.375. The van der Waals surface area contributed by atoms with Gasteiger partial charge in [0.15, 0.2) is 0 Å². The van der Waals surface area contributed by atoms with E-state index in [2.05, 4.69) is 36.5 Å². The van der Waals surface area contributed by atoms with Gasteiger partial charge < -0.3 is 14.8 Å². The van der Waals surface area contributed by atoms with E-state index in [1.807, 2.05) is 12.1 Å². The van der Waals surface area contributed by atoms with Gasteiger partial charge in [-0.3, -0.25) is 0 Å². The first-order chi connectivity index (χ1) is 9.31. The van der Waals surface area contributed by atoms with Crippen molar-refractivity contribution in [2.45, 2.75) is 25.8 Å². The molecule has 1 heterocycles. The highest BCUT2D eigenvalue weighted by Crippen LogP contribution is 2.20. The summed E-state index contributed by atoms with van der Waals surface area (Å²) in [6.45, 7) is 3.12. The summed E-state index contributed by atoms with van der Waals surface area (Å²) in [5, 5.41) is 12.3. The minimum Gasteiger partial charge on any atom is -0.468 e. The molecule has 0 radical (unpaired) electrons. The predicted octanol–water partition coefficient (Wildman–Crippen LogP) is 2.84. The van der Waals surface area contributed by atoms with E-state index in [1.165, 1.54) is 11.1 Å². The average molecular weight is 259 g/mol. The molecule has 0 spiro atoms. The number of rotatable bonds is 7. The van der Waals surface area contributed by atoms with E-state index in [1.54, 1.807) is 6.26 Å². The molecule has 0 fully saturated rings. The van der Waals surface area contributed by atoms with Crippen molar-refractivity contribution in [3.05, 3.63) is 59.5 Å². The van der Waals surface area contributed by atoms with Crippen LogP contribution in [-0.2, 0) is 6.42 Å². The van der Waals surface area contributed by atoms with E-state index in [9.17, 15) is 0 Å². The number of aryl methyl sites for hydroxylation is 1. The Kier molecular flexibility index (Phi) is 5.19. The number of benzene rings is 1. The van der Waals surface area contributed by atoms with Crippen molar-refractivity contribution in [3.63, 3.8) is 0 Å². The molecule has 1 unspecified atom stereocenters. The predicted molar refractivity (Wildman–Crippen MR) is 76.0 cm³/mol. The molecule has 19 heavy (non-hydrogen) atoms. The summed E-state index contributed by atoms with van der Waals surface area (Å²) in [5.41, 5.74) is 2.61. The quantitative estimate of drug-likeness (QED) is 0.752. The summed E-state index contributed by atoms with van der Waals surface area (Å²) in [6, 6.07) is 12.5. The van der Waals surface area contributed by atoms with Gasteiger partial charge in [0.2, 0.25) is 0 Å². The van der Waals surface area contributed by atoms with Crippen LogP contribution < -0.4 is 5.32 Å². The summed E-state index contributed by atoms with van der Waals surface area (Å²) in [6.07, 6.45) is 3.35. The second-order valence-electron chi connectivity index (χ2n) is 4.73. The smallest absolute Gasteiger partial charge is 0.121 e. The fourth-order valence-corrected chi connectivity index (χ4v) is 2.18. The van der Waals surface area contributed by atoms with E-state index in [-0.39, 0.29) is 12.6 Å². The Hall–Kier alpha value is -1.58. The Morgan fingerprint density at radius 3 is 2.74 bits per heavy atom. The van der Waals surface area contributed by atoms with Crippen molar-refractivity contribution in [1.82, 2.24) is 5.32 Å². The minimum absolute atomic E-state index is 0.155. The first kappa shape index (κ1) is 13.8. The lowest BCUT2D eigenvalue weighted by Crippen LogP contribution is -2.24. The lowest BCUT2D eigenvalue weighted by atomic mass is 9.99. The van der Waals surface area contributed by atoms with Gasteiger partial charge in [0, 0.05) is 6.61 Å². The van der Waals surface area contributed by atoms with Crippen LogP contribution >= 0.6 is 0 Å². The van der Waals surface area contributed by atoms with Gasteiger partial charge in [0.25, 0.3) is 0 Å². The molecule has 1 aromatic carbocycles. The Morgan fingerprint density at radius 1 is 1.21 bits per heavy atom. The van der Waals surface area contributed by atoms with Crippen LogP contribution in [0.3, 0.4) is 0 Å². The summed E-state index contributed by atoms with van der Waals surface area (Å²) in [7, 11) is 0. The molecule has 3 heteroatoms. The lowest BCUT2D eigenvalue weighted by molar-refractivity contribution is 0.280. The maximum absolute atomic E-state index is 8.88. The summed E-state index contributed by atoms with van der Waals surface area (Å²) in [4.78, 5) is 0. The van der Waals surface area contributed by atoms with Crippen LogP contribution in [-0.4, -0.2) is 18.3 Å². The molecule has 102 valence electrons. The molecule has 0 bridgehead atoms. The van der Waals surface area contributed by atoms with Crippen LogP contribution in [0.15, 0.2) is 47.1 Å². The van der Waals surface area contributed by atoms with Crippen molar-refractivity contribution in [3.8, 4) is 0 Å². The average Bonchev–Trinajstić information content (AvgIpc) is 2.94. The molecule has 3 nitrogen and oxygen atoms in total. The summed E-state index contributed by atoms with van der Waals surface area (Å²) in [5.74, 6) is 0.946. The Labute approximate surface area is 114 Å².